The predicted molar refractivity (Wildman–Crippen MR) is 120 cm³/mol. The standard InChI is InChI=1S/C24H31NO9/c1-14-9-7-8-10-15(2)22(28)33-19-18(32-21(14)27)17(13-26)31-23(30-3)20(19)34-24(29)25-16-11-5-4-6-12-16/h4-8,11-12,14-15,17-20,23,26H,9-10,13H2,1-3H3,(H,25,29)/b8-7+/t14-,15-,17-,18+,19+,20-,23+/m1/s1. The van der Waals surface area contributed by atoms with Crippen LogP contribution in [0.15, 0.2) is 42.5 Å². The summed E-state index contributed by atoms with van der Waals surface area (Å²) in [6.45, 7) is 2.87. The Kier molecular flexibility index (Phi) is 9.03. The number of nitrogens with one attached hydrogen (secondary N) is 1. The molecule has 2 aliphatic heterocycles. The van der Waals surface area contributed by atoms with Crippen LogP contribution in [0, 0.1) is 11.8 Å². The average Bonchev–Trinajstić information content (AvgIpc) is 2.83. The highest BCUT2D eigenvalue weighted by atomic mass is 16.7. The van der Waals surface area contributed by atoms with Gasteiger partial charge in [0.2, 0.25) is 0 Å². The first kappa shape index (κ1) is 25.7. The number of anilines is 1. The van der Waals surface area contributed by atoms with Gasteiger partial charge in [-0.3, -0.25) is 14.9 Å². The van der Waals surface area contributed by atoms with Gasteiger partial charge in [0.05, 0.1) is 18.4 Å². The highest BCUT2D eigenvalue weighted by Gasteiger charge is 2.53. The Morgan fingerprint density at radius 2 is 1.62 bits per heavy atom. The minimum absolute atomic E-state index is 0.408. The number of benzene rings is 1. The molecule has 34 heavy (non-hydrogen) atoms. The van der Waals surface area contributed by atoms with Gasteiger partial charge in [-0.1, -0.05) is 44.2 Å². The maximum Gasteiger partial charge on any atom is 0.412 e. The Morgan fingerprint density at radius 1 is 1.03 bits per heavy atom. The molecule has 1 saturated heterocycles. The van der Waals surface area contributed by atoms with Gasteiger partial charge in [0.1, 0.15) is 6.10 Å². The summed E-state index contributed by atoms with van der Waals surface area (Å²) in [6.07, 6.45) is -2.41. The number of fused-ring (bicyclic) bond motifs is 1. The molecule has 1 fully saturated rings. The van der Waals surface area contributed by atoms with Crippen molar-refractivity contribution in [3.05, 3.63) is 42.5 Å². The first-order chi connectivity index (χ1) is 16.3. The van der Waals surface area contributed by atoms with Crippen molar-refractivity contribution in [3.63, 3.8) is 0 Å². The van der Waals surface area contributed by atoms with Crippen molar-refractivity contribution in [2.24, 2.45) is 11.8 Å². The van der Waals surface area contributed by atoms with Crippen molar-refractivity contribution in [3.8, 4) is 0 Å². The number of rotatable bonds is 4. The Hall–Kier alpha value is -2.95. The summed E-state index contributed by atoms with van der Waals surface area (Å²) in [5, 5.41) is 12.5. The van der Waals surface area contributed by atoms with Gasteiger partial charge in [0.15, 0.2) is 24.6 Å². The van der Waals surface area contributed by atoms with Crippen LogP contribution in [-0.2, 0) is 33.3 Å². The minimum Gasteiger partial charge on any atom is -0.455 e. The first-order valence-electron chi connectivity index (χ1n) is 11.2. The van der Waals surface area contributed by atoms with Crippen LogP contribution in [0.1, 0.15) is 26.7 Å². The quantitative estimate of drug-likeness (QED) is 0.381. The van der Waals surface area contributed by atoms with Crippen LogP contribution in [0.2, 0.25) is 0 Å². The highest BCUT2D eigenvalue weighted by molar-refractivity contribution is 5.84. The summed E-state index contributed by atoms with van der Waals surface area (Å²) in [4.78, 5) is 38.2. The fourth-order valence-corrected chi connectivity index (χ4v) is 3.70. The Balaban J connectivity index is 1.92. The third-order valence-electron chi connectivity index (χ3n) is 5.72. The van der Waals surface area contributed by atoms with E-state index in [0.717, 1.165) is 0 Å². The molecule has 1 aromatic carbocycles. The average molecular weight is 478 g/mol. The van der Waals surface area contributed by atoms with Crippen LogP contribution in [-0.4, -0.2) is 67.6 Å². The van der Waals surface area contributed by atoms with E-state index in [2.05, 4.69) is 5.32 Å². The van der Waals surface area contributed by atoms with Crippen molar-refractivity contribution in [1.82, 2.24) is 0 Å². The third-order valence-corrected chi connectivity index (χ3v) is 5.72. The summed E-state index contributed by atoms with van der Waals surface area (Å²) < 4.78 is 28.0. The van der Waals surface area contributed by atoms with Gasteiger partial charge < -0.3 is 28.8 Å². The summed E-state index contributed by atoms with van der Waals surface area (Å²) in [6, 6.07) is 8.62. The molecule has 3 rings (SSSR count). The van der Waals surface area contributed by atoms with E-state index >= 15 is 0 Å². The normalized spacial score (nSPS) is 33.2. The van der Waals surface area contributed by atoms with Crippen molar-refractivity contribution >= 4 is 23.7 Å². The molecule has 10 nitrogen and oxygen atoms in total. The summed E-state index contributed by atoms with van der Waals surface area (Å²) in [5.74, 6) is -2.12. The molecule has 7 atom stereocenters. The number of methoxy groups -OCH3 is 1. The van der Waals surface area contributed by atoms with Crippen LogP contribution in [0.4, 0.5) is 10.5 Å². The SMILES string of the molecule is CO[C@H]1O[C@H](CO)[C@@H]2OC(=O)[C@H](C)C/C=C/C[C@@H](C)C(=O)O[C@@H]2[C@H]1OC(=O)Nc1ccccc1. The number of ether oxygens (including phenoxy) is 5. The predicted octanol–water partition coefficient (Wildman–Crippen LogP) is 2.41. The monoisotopic (exact) mass is 477 g/mol. The fourth-order valence-electron chi connectivity index (χ4n) is 3.70. The molecule has 10 heteroatoms. The molecular formula is C24H31NO9. The van der Waals surface area contributed by atoms with E-state index in [1.165, 1.54) is 7.11 Å². The van der Waals surface area contributed by atoms with Crippen LogP contribution in [0.25, 0.3) is 0 Å². The maximum atomic E-state index is 12.8. The number of carbonyl (C=O) groups excluding carboxylic acids is 3. The number of aliphatic hydroxyl groups excluding tert-OH is 1. The molecule has 0 spiro atoms. The summed E-state index contributed by atoms with van der Waals surface area (Å²) in [7, 11) is 1.32. The molecule has 0 unspecified atom stereocenters. The van der Waals surface area contributed by atoms with Gasteiger partial charge in [0.25, 0.3) is 0 Å². The molecule has 0 aromatic heterocycles. The van der Waals surface area contributed by atoms with Crippen LogP contribution in [0.3, 0.4) is 0 Å². The van der Waals surface area contributed by atoms with Gasteiger partial charge in [0, 0.05) is 12.8 Å². The van der Waals surface area contributed by atoms with Gasteiger partial charge in [-0.15, -0.1) is 0 Å². The second-order valence-corrected chi connectivity index (χ2v) is 8.37. The largest absolute Gasteiger partial charge is 0.455 e. The molecule has 0 aliphatic carbocycles. The van der Waals surface area contributed by atoms with Gasteiger partial charge in [-0.25, -0.2) is 4.79 Å². The lowest BCUT2D eigenvalue weighted by Crippen LogP contribution is -2.63. The van der Waals surface area contributed by atoms with E-state index in [-0.39, 0.29) is 0 Å². The second kappa shape index (κ2) is 12.0. The van der Waals surface area contributed by atoms with E-state index in [4.69, 9.17) is 23.7 Å². The fraction of sp³-hybridized carbons (Fsp3) is 0.542. The zero-order valence-corrected chi connectivity index (χ0v) is 19.4. The van der Waals surface area contributed by atoms with Crippen molar-refractivity contribution in [2.75, 3.05) is 19.0 Å². The van der Waals surface area contributed by atoms with Crippen LogP contribution >= 0.6 is 0 Å². The summed E-state index contributed by atoms with van der Waals surface area (Å²) in [5.41, 5.74) is 0.485. The molecule has 1 aromatic rings. The molecule has 2 heterocycles. The lowest BCUT2D eigenvalue weighted by Gasteiger charge is -2.44. The maximum absolute atomic E-state index is 12.8. The number of esters is 2. The number of amides is 1. The number of carbonyl (C=O) groups is 3. The highest BCUT2D eigenvalue weighted by Crippen LogP contribution is 2.31. The first-order valence-corrected chi connectivity index (χ1v) is 11.2. The van der Waals surface area contributed by atoms with Crippen LogP contribution in [0.5, 0.6) is 0 Å². The smallest absolute Gasteiger partial charge is 0.412 e. The van der Waals surface area contributed by atoms with Gasteiger partial charge in [-0.2, -0.15) is 0 Å². The molecule has 1 amide bonds. The zero-order valence-electron chi connectivity index (χ0n) is 19.4. The second-order valence-electron chi connectivity index (χ2n) is 8.37. The zero-order chi connectivity index (χ0) is 24.7. The summed E-state index contributed by atoms with van der Waals surface area (Å²) >= 11 is 0. The van der Waals surface area contributed by atoms with E-state index in [1.807, 2.05) is 12.2 Å². The van der Waals surface area contributed by atoms with E-state index in [9.17, 15) is 19.5 Å². The number of hydrogen-bond donors (Lipinski definition) is 2. The molecule has 2 aliphatic rings. The van der Waals surface area contributed by atoms with E-state index in [0.29, 0.717) is 18.5 Å². The lowest BCUT2D eigenvalue weighted by atomic mass is 9.97. The molecule has 2 N–H and O–H groups in total. The van der Waals surface area contributed by atoms with E-state index in [1.54, 1.807) is 44.2 Å². The van der Waals surface area contributed by atoms with Crippen molar-refractivity contribution in [1.29, 1.82) is 0 Å². The van der Waals surface area contributed by atoms with Gasteiger partial charge >= 0.3 is 18.0 Å². The van der Waals surface area contributed by atoms with Crippen molar-refractivity contribution < 1.29 is 43.2 Å². The third kappa shape index (κ3) is 6.34. The van der Waals surface area contributed by atoms with Gasteiger partial charge in [-0.05, 0) is 25.0 Å². The Morgan fingerprint density at radius 3 is 2.18 bits per heavy atom. The lowest BCUT2D eigenvalue weighted by molar-refractivity contribution is -0.299. The molecule has 186 valence electrons. The molecule has 0 saturated carbocycles. The van der Waals surface area contributed by atoms with Crippen molar-refractivity contribution in [2.45, 2.75) is 57.4 Å². The number of para-hydroxylation sites is 1. The molecule has 0 radical (unpaired) electrons. The molecule has 0 bridgehead atoms. The Labute approximate surface area is 198 Å². The topological polar surface area (TPSA) is 130 Å². The molecular weight excluding hydrogens is 446 g/mol. The number of hydrogen-bond acceptors (Lipinski definition) is 9. The van der Waals surface area contributed by atoms with E-state index < -0.39 is 67.2 Å². The number of allylic oxidation sites excluding steroid dienone is 2. The number of aliphatic hydroxyl groups is 1. The Bertz CT molecular complexity index is 874. The minimum atomic E-state index is -1.28. The van der Waals surface area contributed by atoms with Crippen LogP contribution < -0.4 is 5.32 Å².